The van der Waals surface area contributed by atoms with Crippen molar-refractivity contribution in [3.05, 3.63) is 95.8 Å². The Hall–Kier alpha value is -3.52. The van der Waals surface area contributed by atoms with Crippen LogP contribution in [0.2, 0.25) is 0 Å². The van der Waals surface area contributed by atoms with Gasteiger partial charge in [0.25, 0.3) is 11.8 Å². The third kappa shape index (κ3) is 5.64. The number of pyridine rings is 1. The topological polar surface area (TPSA) is 96.4 Å². The second-order valence-electron chi connectivity index (χ2n) is 8.05. The molecule has 2 aromatic carbocycles. The first-order valence-corrected chi connectivity index (χ1v) is 12.4. The molecule has 33 heavy (non-hydrogen) atoms. The lowest BCUT2D eigenvalue weighted by Gasteiger charge is -2.32. The molecule has 0 bridgehead atoms. The van der Waals surface area contributed by atoms with Crippen molar-refractivity contribution in [2.45, 2.75) is 29.5 Å². The van der Waals surface area contributed by atoms with Crippen LogP contribution in [0.25, 0.3) is 0 Å². The maximum Gasteiger partial charge on any atom is 0.253 e. The quantitative estimate of drug-likeness (QED) is 0.606. The number of carbonyl (C=O) groups is 2. The van der Waals surface area contributed by atoms with E-state index in [1.54, 1.807) is 77.8 Å². The van der Waals surface area contributed by atoms with Gasteiger partial charge in [0.1, 0.15) is 0 Å². The Bertz CT molecular complexity index is 1210. The van der Waals surface area contributed by atoms with Crippen LogP contribution in [0.5, 0.6) is 0 Å². The number of likely N-dealkylation sites (tertiary alicyclic amines) is 1. The van der Waals surface area contributed by atoms with E-state index < -0.39 is 9.84 Å². The molecule has 3 aromatic rings. The zero-order chi connectivity index (χ0) is 23.3. The molecule has 1 aliphatic heterocycles. The van der Waals surface area contributed by atoms with Gasteiger partial charge in [0.2, 0.25) is 0 Å². The van der Waals surface area contributed by atoms with Crippen LogP contribution in [0.1, 0.15) is 39.1 Å². The van der Waals surface area contributed by atoms with Gasteiger partial charge in [-0.1, -0.05) is 30.3 Å². The van der Waals surface area contributed by atoms with Crippen LogP contribution < -0.4 is 5.32 Å². The first kappa shape index (κ1) is 22.7. The molecule has 8 heteroatoms. The first-order chi connectivity index (χ1) is 15.9. The van der Waals surface area contributed by atoms with Crippen molar-refractivity contribution in [3.63, 3.8) is 0 Å². The molecule has 0 atom stereocenters. The molecule has 4 rings (SSSR count). The summed E-state index contributed by atoms with van der Waals surface area (Å²) >= 11 is 0. The zero-order valence-electron chi connectivity index (χ0n) is 18.1. The average Bonchev–Trinajstić information content (AvgIpc) is 2.85. The van der Waals surface area contributed by atoms with E-state index in [1.165, 1.54) is 6.20 Å². The summed E-state index contributed by atoms with van der Waals surface area (Å²) < 4.78 is 25.1. The molecule has 1 N–H and O–H groups in total. The smallest absolute Gasteiger partial charge is 0.253 e. The highest BCUT2D eigenvalue weighted by Crippen LogP contribution is 2.19. The Labute approximate surface area is 193 Å². The number of piperidine rings is 1. The maximum absolute atomic E-state index is 12.9. The molecule has 1 fully saturated rings. The number of nitrogens with one attached hydrogen (secondary N) is 1. The number of sulfone groups is 1. The summed E-state index contributed by atoms with van der Waals surface area (Å²) in [5.74, 6) is -0.369. The Morgan fingerprint density at radius 1 is 0.909 bits per heavy atom. The van der Waals surface area contributed by atoms with Gasteiger partial charge in [-0.2, -0.15) is 0 Å². The fraction of sp³-hybridized carbons (Fsp3) is 0.240. The number of aromatic nitrogens is 1. The zero-order valence-corrected chi connectivity index (χ0v) is 18.9. The summed E-state index contributed by atoms with van der Waals surface area (Å²) in [6.45, 7) is 1.09. The van der Waals surface area contributed by atoms with Crippen LogP contribution in [-0.2, 0) is 15.6 Å². The van der Waals surface area contributed by atoms with Crippen molar-refractivity contribution in [1.29, 1.82) is 0 Å². The van der Waals surface area contributed by atoms with Crippen LogP contribution in [0, 0.1) is 0 Å². The normalized spacial score (nSPS) is 14.6. The van der Waals surface area contributed by atoms with Crippen molar-refractivity contribution in [3.8, 4) is 0 Å². The van der Waals surface area contributed by atoms with Gasteiger partial charge in [-0.25, -0.2) is 8.42 Å². The molecule has 0 saturated carbocycles. The molecule has 0 unspecified atom stereocenters. The van der Waals surface area contributed by atoms with E-state index >= 15 is 0 Å². The summed E-state index contributed by atoms with van der Waals surface area (Å²) in [7, 11) is -3.44. The lowest BCUT2D eigenvalue weighted by molar-refractivity contribution is 0.0698. The predicted octanol–water partition coefficient (Wildman–Crippen LogP) is 3.09. The van der Waals surface area contributed by atoms with Crippen LogP contribution in [0.4, 0.5) is 0 Å². The number of benzene rings is 2. The average molecular weight is 464 g/mol. The van der Waals surface area contributed by atoms with E-state index in [0.29, 0.717) is 42.6 Å². The molecule has 0 radical (unpaired) electrons. The molecule has 1 saturated heterocycles. The number of rotatable bonds is 6. The Balaban J connectivity index is 1.31. The lowest BCUT2D eigenvalue weighted by atomic mass is 10.0. The molecule has 2 amide bonds. The highest BCUT2D eigenvalue weighted by Gasteiger charge is 2.25. The standard InChI is InChI=1S/C25H25N3O4S/c29-24(21-5-4-14-26-17-21)27-22-12-15-28(16-13-22)25(30)20-10-8-19(9-11-20)18-33(31,32)23-6-2-1-3-7-23/h1-11,14,17,22H,12-13,15-16,18H2,(H,27,29). The highest BCUT2D eigenvalue weighted by atomic mass is 32.2. The van der Waals surface area contributed by atoms with Gasteiger partial charge in [-0.15, -0.1) is 0 Å². The van der Waals surface area contributed by atoms with Gasteiger partial charge in [0.05, 0.1) is 16.2 Å². The van der Waals surface area contributed by atoms with Crippen LogP contribution >= 0.6 is 0 Å². The Morgan fingerprint density at radius 3 is 2.24 bits per heavy atom. The van der Waals surface area contributed by atoms with E-state index in [0.717, 1.165) is 0 Å². The van der Waals surface area contributed by atoms with Crippen molar-refractivity contribution >= 4 is 21.7 Å². The molecular weight excluding hydrogens is 438 g/mol. The Morgan fingerprint density at radius 2 is 1.61 bits per heavy atom. The summed E-state index contributed by atoms with van der Waals surface area (Å²) in [6.07, 6.45) is 4.49. The van der Waals surface area contributed by atoms with Gasteiger partial charge < -0.3 is 10.2 Å². The lowest BCUT2D eigenvalue weighted by Crippen LogP contribution is -2.46. The van der Waals surface area contributed by atoms with Crippen molar-refractivity contribution in [2.75, 3.05) is 13.1 Å². The van der Waals surface area contributed by atoms with Crippen molar-refractivity contribution in [1.82, 2.24) is 15.2 Å². The maximum atomic E-state index is 12.9. The fourth-order valence-corrected chi connectivity index (χ4v) is 5.22. The molecule has 2 heterocycles. The monoisotopic (exact) mass is 463 g/mol. The third-order valence-electron chi connectivity index (χ3n) is 5.70. The predicted molar refractivity (Wildman–Crippen MR) is 124 cm³/mol. The van der Waals surface area contributed by atoms with Gasteiger partial charge in [0, 0.05) is 37.1 Å². The highest BCUT2D eigenvalue weighted by molar-refractivity contribution is 7.90. The van der Waals surface area contributed by atoms with E-state index in [9.17, 15) is 18.0 Å². The number of amides is 2. The Kier molecular flexibility index (Phi) is 6.84. The largest absolute Gasteiger partial charge is 0.349 e. The number of nitrogens with zero attached hydrogens (tertiary/aromatic N) is 2. The molecule has 170 valence electrons. The third-order valence-corrected chi connectivity index (χ3v) is 7.40. The van der Waals surface area contributed by atoms with E-state index in [2.05, 4.69) is 10.3 Å². The van der Waals surface area contributed by atoms with Crippen molar-refractivity contribution < 1.29 is 18.0 Å². The summed E-state index contributed by atoms with van der Waals surface area (Å²) in [4.78, 5) is 31.2. The van der Waals surface area contributed by atoms with Crippen molar-refractivity contribution in [2.24, 2.45) is 0 Å². The fourth-order valence-electron chi connectivity index (χ4n) is 3.85. The van der Waals surface area contributed by atoms with Gasteiger partial charge in [-0.05, 0) is 54.8 Å². The van der Waals surface area contributed by atoms with Crippen LogP contribution in [0.15, 0.2) is 84.0 Å². The van der Waals surface area contributed by atoms with Gasteiger partial charge in [0.15, 0.2) is 9.84 Å². The SMILES string of the molecule is O=C(NC1CCN(C(=O)c2ccc(CS(=O)(=O)c3ccccc3)cc2)CC1)c1cccnc1. The molecule has 0 spiro atoms. The molecule has 0 aliphatic carbocycles. The molecule has 1 aromatic heterocycles. The summed E-state index contributed by atoms with van der Waals surface area (Å²) in [5, 5.41) is 3.00. The van der Waals surface area contributed by atoms with E-state index in [1.807, 2.05) is 0 Å². The second-order valence-corrected chi connectivity index (χ2v) is 10.0. The van der Waals surface area contributed by atoms with Gasteiger partial charge >= 0.3 is 0 Å². The summed E-state index contributed by atoms with van der Waals surface area (Å²) in [5.41, 5.74) is 1.67. The second kappa shape index (κ2) is 9.95. The first-order valence-electron chi connectivity index (χ1n) is 10.8. The van der Waals surface area contributed by atoms with Crippen LogP contribution in [-0.4, -0.2) is 49.2 Å². The molecular formula is C25H25N3O4S. The van der Waals surface area contributed by atoms with E-state index in [-0.39, 0.29) is 28.5 Å². The summed E-state index contributed by atoms with van der Waals surface area (Å²) in [6, 6.07) is 18.5. The minimum Gasteiger partial charge on any atom is -0.349 e. The van der Waals surface area contributed by atoms with Gasteiger partial charge in [-0.3, -0.25) is 14.6 Å². The molecule has 7 nitrogen and oxygen atoms in total. The number of hydrogen-bond donors (Lipinski definition) is 1. The molecule has 1 aliphatic rings. The van der Waals surface area contributed by atoms with E-state index in [4.69, 9.17) is 0 Å². The van der Waals surface area contributed by atoms with Crippen LogP contribution in [0.3, 0.4) is 0 Å². The minimum absolute atomic E-state index is 0.00678. The number of carbonyl (C=O) groups excluding carboxylic acids is 2. The number of hydrogen-bond acceptors (Lipinski definition) is 5. The minimum atomic E-state index is -3.44.